The Bertz CT molecular complexity index is 1110. The Balaban J connectivity index is 1.52. The molecule has 0 radical (unpaired) electrons. The predicted molar refractivity (Wildman–Crippen MR) is 112 cm³/mol. The van der Waals surface area contributed by atoms with Crippen LogP contribution in [0.3, 0.4) is 0 Å². The zero-order valence-corrected chi connectivity index (χ0v) is 18.2. The summed E-state index contributed by atoms with van der Waals surface area (Å²) in [5, 5.41) is 0.564. The summed E-state index contributed by atoms with van der Waals surface area (Å²) in [4.78, 5) is 33.4. The SMILES string of the molecule is CC(C)N1C(=O)c2ccc(C(=O)N3CCN(c4ccc(Cl)cn4)CC3)cc2S1(=O)=O. The van der Waals surface area contributed by atoms with E-state index in [2.05, 4.69) is 9.88 Å². The van der Waals surface area contributed by atoms with Crippen molar-refractivity contribution < 1.29 is 18.0 Å². The Labute approximate surface area is 180 Å². The van der Waals surface area contributed by atoms with Gasteiger partial charge in [0.2, 0.25) is 0 Å². The molecular formula is C20H21ClN4O4S. The first-order chi connectivity index (χ1) is 14.2. The van der Waals surface area contributed by atoms with Crippen molar-refractivity contribution in [1.29, 1.82) is 0 Å². The summed E-state index contributed by atoms with van der Waals surface area (Å²) in [6, 6.07) is 7.38. The van der Waals surface area contributed by atoms with Gasteiger partial charge in [0.25, 0.3) is 21.8 Å². The molecule has 1 fully saturated rings. The number of carbonyl (C=O) groups is 2. The summed E-state index contributed by atoms with van der Waals surface area (Å²) in [5.74, 6) is -0.0161. The van der Waals surface area contributed by atoms with E-state index in [0.717, 1.165) is 10.1 Å². The van der Waals surface area contributed by atoms with E-state index in [1.54, 1.807) is 31.0 Å². The smallest absolute Gasteiger partial charge is 0.269 e. The van der Waals surface area contributed by atoms with E-state index < -0.39 is 22.0 Å². The minimum atomic E-state index is -3.94. The van der Waals surface area contributed by atoms with Crippen LogP contribution in [0.4, 0.5) is 5.82 Å². The van der Waals surface area contributed by atoms with Crippen LogP contribution < -0.4 is 4.90 Å². The molecule has 8 nitrogen and oxygen atoms in total. The van der Waals surface area contributed by atoms with E-state index in [4.69, 9.17) is 11.6 Å². The molecule has 0 bridgehead atoms. The van der Waals surface area contributed by atoms with Crippen molar-refractivity contribution in [3.8, 4) is 0 Å². The Morgan fingerprint density at radius 1 is 1.10 bits per heavy atom. The number of fused-ring (bicyclic) bond motifs is 1. The van der Waals surface area contributed by atoms with Gasteiger partial charge in [-0.05, 0) is 44.2 Å². The van der Waals surface area contributed by atoms with Gasteiger partial charge in [0.1, 0.15) is 10.7 Å². The number of amides is 2. The first-order valence-electron chi connectivity index (χ1n) is 9.59. The fourth-order valence-corrected chi connectivity index (χ4v) is 5.67. The third-order valence-electron chi connectivity index (χ3n) is 5.27. The molecule has 10 heteroatoms. The van der Waals surface area contributed by atoms with Gasteiger partial charge in [-0.25, -0.2) is 17.7 Å². The average molecular weight is 449 g/mol. The molecule has 0 aliphatic carbocycles. The number of nitrogens with zero attached hydrogens (tertiary/aromatic N) is 4. The van der Waals surface area contributed by atoms with E-state index in [1.807, 2.05) is 6.07 Å². The third kappa shape index (κ3) is 3.41. The molecule has 2 aliphatic rings. The first-order valence-corrected chi connectivity index (χ1v) is 11.4. The highest BCUT2D eigenvalue weighted by Gasteiger charge is 2.43. The van der Waals surface area contributed by atoms with Gasteiger partial charge in [-0.15, -0.1) is 0 Å². The maximum Gasteiger partial charge on any atom is 0.269 e. The van der Waals surface area contributed by atoms with Gasteiger partial charge < -0.3 is 9.80 Å². The second-order valence-corrected chi connectivity index (χ2v) is 9.74. The number of sulfonamides is 1. The quantitative estimate of drug-likeness (QED) is 0.715. The lowest BCUT2D eigenvalue weighted by Crippen LogP contribution is -2.49. The molecule has 1 saturated heterocycles. The normalized spacial score (nSPS) is 18.1. The summed E-state index contributed by atoms with van der Waals surface area (Å²) >= 11 is 5.88. The van der Waals surface area contributed by atoms with E-state index in [0.29, 0.717) is 31.2 Å². The summed E-state index contributed by atoms with van der Waals surface area (Å²) in [7, 11) is -3.94. The van der Waals surface area contributed by atoms with Crippen LogP contribution in [0.5, 0.6) is 0 Å². The third-order valence-corrected chi connectivity index (χ3v) is 7.49. The van der Waals surface area contributed by atoms with Gasteiger partial charge in [-0.2, -0.15) is 0 Å². The van der Waals surface area contributed by atoms with Gasteiger partial charge in [0.05, 0.1) is 10.6 Å². The lowest BCUT2D eigenvalue weighted by atomic mass is 10.1. The average Bonchev–Trinajstić information content (AvgIpc) is 2.93. The summed E-state index contributed by atoms with van der Waals surface area (Å²) < 4.78 is 26.4. The minimum Gasteiger partial charge on any atom is -0.353 e. The van der Waals surface area contributed by atoms with Crippen LogP contribution in [0.25, 0.3) is 0 Å². The van der Waals surface area contributed by atoms with Crippen molar-refractivity contribution in [3.05, 3.63) is 52.7 Å². The van der Waals surface area contributed by atoms with Crippen molar-refractivity contribution in [2.45, 2.75) is 24.8 Å². The van der Waals surface area contributed by atoms with Gasteiger partial charge in [-0.1, -0.05) is 11.6 Å². The standard InChI is InChI=1S/C20H21ClN4O4S/c1-13(2)25-20(27)16-5-3-14(11-17(16)30(25,28)29)19(26)24-9-7-23(8-10-24)18-6-4-15(21)12-22-18/h3-6,11-13H,7-10H2,1-2H3. The maximum atomic E-state index is 13.0. The van der Waals surface area contributed by atoms with Crippen LogP contribution in [-0.2, 0) is 10.0 Å². The number of hydrogen-bond donors (Lipinski definition) is 0. The van der Waals surface area contributed by atoms with E-state index in [1.165, 1.54) is 18.2 Å². The number of rotatable bonds is 3. The molecule has 158 valence electrons. The molecule has 2 aromatic rings. The highest BCUT2D eigenvalue weighted by Crippen LogP contribution is 2.33. The second-order valence-electron chi connectivity index (χ2n) is 7.52. The number of carbonyl (C=O) groups excluding carboxylic acids is 2. The lowest BCUT2D eigenvalue weighted by molar-refractivity contribution is 0.0745. The van der Waals surface area contributed by atoms with Gasteiger partial charge >= 0.3 is 0 Å². The number of halogens is 1. The molecule has 1 aromatic heterocycles. The second kappa shape index (κ2) is 7.55. The van der Waals surface area contributed by atoms with Crippen molar-refractivity contribution in [3.63, 3.8) is 0 Å². The number of pyridine rings is 1. The number of benzene rings is 1. The highest BCUT2D eigenvalue weighted by atomic mass is 35.5. The Hall–Kier alpha value is -2.65. The van der Waals surface area contributed by atoms with E-state index >= 15 is 0 Å². The largest absolute Gasteiger partial charge is 0.353 e. The molecule has 2 aliphatic heterocycles. The molecule has 1 aromatic carbocycles. The lowest BCUT2D eigenvalue weighted by Gasteiger charge is -2.35. The van der Waals surface area contributed by atoms with E-state index in [-0.39, 0.29) is 21.9 Å². The van der Waals surface area contributed by atoms with Crippen LogP contribution >= 0.6 is 11.6 Å². The number of anilines is 1. The van der Waals surface area contributed by atoms with Gasteiger partial charge in [0, 0.05) is 44.0 Å². The van der Waals surface area contributed by atoms with Crippen LogP contribution in [-0.4, -0.2) is 66.6 Å². The molecule has 0 atom stereocenters. The van der Waals surface area contributed by atoms with Crippen molar-refractivity contribution in [2.24, 2.45) is 0 Å². The number of hydrogen-bond acceptors (Lipinski definition) is 6. The molecular weight excluding hydrogens is 428 g/mol. The highest BCUT2D eigenvalue weighted by molar-refractivity contribution is 7.90. The molecule has 2 amide bonds. The van der Waals surface area contributed by atoms with Crippen LogP contribution in [0.2, 0.25) is 5.02 Å². The molecule has 3 heterocycles. The molecule has 30 heavy (non-hydrogen) atoms. The summed E-state index contributed by atoms with van der Waals surface area (Å²) in [5.41, 5.74) is 0.368. The fraction of sp³-hybridized carbons (Fsp3) is 0.350. The van der Waals surface area contributed by atoms with Crippen LogP contribution in [0.15, 0.2) is 41.4 Å². The topological polar surface area (TPSA) is 90.9 Å². The van der Waals surface area contributed by atoms with Crippen molar-refractivity contribution in [2.75, 3.05) is 31.1 Å². The summed E-state index contributed by atoms with van der Waals surface area (Å²) in [6.45, 7) is 5.44. The predicted octanol–water partition coefficient (Wildman–Crippen LogP) is 2.25. The Morgan fingerprint density at radius 2 is 1.80 bits per heavy atom. The minimum absolute atomic E-state index is 0.101. The van der Waals surface area contributed by atoms with Crippen molar-refractivity contribution in [1.82, 2.24) is 14.2 Å². The van der Waals surface area contributed by atoms with Crippen LogP contribution in [0.1, 0.15) is 34.6 Å². The Kier molecular flexibility index (Phi) is 5.19. The summed E-state index contributed by atoms with van der Waals surface area (Å²) in [6.07, 6.45) is 1.58. The zero-order chi connectivity index (χ0) is 21.6. The zero-order valence-electron chi connectivity index (χ0n) is 16.6. The van der Waals surface area contributed by atoms with Gasteiger partial charge in [0.15, 0.2) is 0 Å². The number of piperazine rings is 1. The van der Waals surface area contributed by atoms with Crippen LogP contribution in [0, 0.1) is 0 Å². The molecule has 0 N–H and O–H groups in total. The molecule has 4 rings (SSSR count). The molecule has 0 unspecified atom stereocenters. The Morgan fingerprint density at radius 3 is 2.40 bits per heavy atom. The van der Waals surface area contributed by atoms with E-state index in [9.17, 15) is 18.0 Å². The fourth-order valence-electron chi connectivity index (χ4n) is 3.77. The first kappa shape index (κ1) is 20.6. The van der Waals surface area contributed by atoms with Gasteiger partial charge in [-0.3, -0.25) is 9.59 Å². The molecule has 0 spiro atoms. The van der Waals surface area contributed by atoms with Crippen molar-refractivity contribution >= 4 is 39.3 Å². The maximum absolute atomic E-state index is 13.0. The monoisotopic (exact) mass is 448 g/mol. The molecule has 0 saturated carbocycles. The number of aromatic nitrogens is 1.